The van der Waals surface area contributed by atoms with Gasteiger partial charge >= 0.3 is 0 Å². The lowest BCUT2D eigenvalue weighted by molar-refractivity contribution is 0.101. The molecule has 0 saturated heterocycles. The smallest absolute Gasteiger partial charge is 0.272 e. The number of anilines is 1. The lowest BCUT2D eigenvalue weighted by atomic mass is 10.1. The molecule has 0 radical (unpaired) electrons. The number of benzene rings is 2. The van der Waals surface area contributed by atoms with E-state index in [1.165, 1.54) is 0 Å². The van der Waals surface area contributed by atoms with Crippen LogP contribution in [-0.2, 0) is 6.54 Å². The van der Waals surface area contributed by atoms with Crippen molar-refractivity contribution in [3.8, 4) is 5.75 Å². The number of carbonyl (C=O) groups excluding carboxylic acids is 1. The zero-order chi connectivity index (χ0) is 18.8. The molecule has 2 aromatic carbocycles. The van der Waals surface area contributed by atoms with Crippen molar-refractivity contribution in [1.29, 1.82) is 0 Å². The number of amides is 1. The molecule has 0 bridgehead atoms. The van der Waals surface area contributed by atoms with Crippen molar-refractivity contribution in [2.45, 2.75) is 27.3 Å². The minimum Gasteiger partial charge on any atom is -0.494 e. The summed E-state index contributed by atoms with van der Waals surface area (Å²) in [5.41, 5.74) is 3.16. The van der Waals surface area contributed by atoms with Crippen LogP contribution in [0.5, 0.6) is 5.75 Å². The quantitative estimate of drug-likeness (QED) is 0.586. The van der Waals surface area contributed by atoms with Crippen molar-refractivity contribution >= 4 is 45.7 Å². The van der Waals surface area contributed by atoms with Crippen LogP contribution in [0.3, 0.4) is 0 Å². The second-order valence-electron chi connectivity index (χ2n) is 5.91. The number of carbonyl (C=O) groups is 1. The molecule has 0 aliphatic rings. The molecule has 0 atom stereocenters. The molecule has 4 nitrogen and oxygen atoms in total. The van der Waals surface area contributed by atoms with Gasteiger partial charge in [0, 0.05) is 23.1 Å². The molecular formula is C20H20Cl2N2O2. The van der Waals surface area contributed by atoms with E-state index in [1.807, 2.05) is 43.5 Å². The molecule has 0 spiro atoms. The summed E-state index contributed by atoms with van der Waals surface area (Å²) in [6.45, 7) is 7.20. The van der Waals surface area contributed by atoms with E-state index >= 15 is 0 Å². The standard InChI is InChI=1S/C20H20Cl2N2O2/c1-4-24-18-9-7-14(26-5-2)11-15(18)12(3)19(24)20(25)23-13-6-8-16(21)17(22)10-13/h6-11H,4-5H2,1-3H3,(H,23,25). The van der Waals surface area contributed by atoms with Crippen molar-refractivity contribution < 1.29 is 9.53 Å². The van der Waals surface area contributed by atoms with Crippen LogP contribution in [0.4, 0.5) is 5.69 Å². The van der Waals surface area contributed by atoms with E-state index in [0.717, 1.165) is 22.2 Å². The van der Waals surface area contributed by atoms with Gasteiger partial charge in [-0.2, -0.15) is 0 Å². The molecule has 136 valence electrons. The molecule has 1 aromatic heterocycles. The molecule has 1 N–H and O–H groups in total. The second-order valence-corrected chi connectivity index (χ2v) is 6.73. The van der Waals surface area contributed by atoms with Gasteiger partial charge in [-0.3, -0.25) is 4.79 Å². The Morgan fingerprint density at radius 2 is 1.88 bits per heavy atom. The first kappa shape index (κ1) is 18.6. The average molecular weight is 391 g/mol. The number of aryl methyl sites for hydroxylation is 2. The molecule has 1 amide bonds. The van der Waals surface area contributed by atoms with Gasteiger partial charge < -0.3 is 14.6 Å². The van der Waals surface area contributed by atoms with E-state index in [1.54, 1.807) is 18.2 Å². The van der Waals surface area contributed by atoms with E-state index in [-0.39, 0.29) is 5.91 Å². The summed E-state index contributed by atoms with van der Waals surface area (Å²) >= 11 is 12.0. The largest absolute Gasteiger partial charge is 0.494 e. The summed E-state index contributed by atoms with van der Waals surface area (Å²) in [4.78, 5) is 13.0. The fourth-order valence-corrected chi connectivity index (χ4v) is 3.44. The summed E-state index contributed by atoms with van der Waals surface area (Å²) in [5.74, 6) is 0.615. The van der Waals surface area contributed by atoms with Crippen LogP contribution in [0.25, 0.3) is 10.9 Å². The fraction of sp³-hybridized carbons (Fsp3) is 0.250. The molecule has 3 aromatic rings. The molecular weight excluding hydrogens is 371 g/mol. The number of aromatic nitrogens is 1. The zero-order valence-corrected chi connectivity index (χ0v) is 16.4. The van der Waals surface area contributed by atoms with Crippen LogP contribution in [0.1, 0.15) is 29.9 Å². The number of halogens is 2. The SMILES string of the molecule is CCOc1ccc2c(c1)c(C)c(C(=O)Nc1ccc(Cl)c(Cl)c1)n2CC. The maximum absolute atomic E-state index is 13.0. The van der Waals surface area contributed by atoms with Gasteiger partial charge in [-0.05, 0) is 62.7 Å². The predicted octanol–water partition coefficient (Wildman–Crippen LogP) is 5.93. The zero-order valence-electron chi connectivity index (χ0n) is 14.9. The number of hydrogen-bond donors (Lipinski definition) is 1. The number of hydrogen-bond acceptors (Lipinski definition) is 2. The molecule has 0 fully saturated rings. The van der Waals surface area contributed by atoms with Crippen LogP contribution in [0.15, 0.2) is 36.4 Å². The van der Waals surface area contributed by atoms with Gasteiger partial charge in [-0.25, -0.2) is 0 Å². The Kier molecular flexibility index (Phi) is 5.44. The predicted molar refractivity (Wildman–Crippen MR) is 108 cm³/mol. The first-order valence-electron chi connectivity index (χ1n) is 8.48. The number of ether oxygens (including phenoxy) is 1. The molecule has 3 rings (SSSR count). The van der Waals surface area contributed by atoms with Gasteiger partial charge in [0.25, 0.3) is 5.91 Å². The Morgan fingerprint density at radius 3 is 2.54 bits per heavy atom. The monoisotopic (exact) mass is 390 g/mol. The van der Waals surface area contributed by atoms with Gasteiger partial charge in [0.1, 0.15) is 11.4 Å². The maximum atomic E-state index is 13.0. The van der Waals surface area contributed by atoms with Crippen molar-refractivity contribution in [3.63, 3.8) is 0 Å². The van der Waals surface area contributed by atoms with Crippen molar-refractivity contribution in [1.82, 2.24) is 4.57 Å². The van der Waals surface area contributed by atoms with Crippen molar-refractivity contribution in [2.24, 2.45) is 0 Å². The summed E-state index contributed by atoms with van der Waals surface area (Å²) in [6, 6.07) is 10.9. The molecule has 0 unspecified atom stereocenters. The summed E-state index contributed by atoms with van der Waals surface area (Å²) in [6.07, 6.45) is 0. The third kappa shape index (κ3) is 3.39. The number of nitrogens with one attached hydrogen (secondary N) is 1. The van der Waals surface area contributed by atoms with Gasteiger partial charge in [0.05, 0.1) is 16.7 Å². The third-order valence-electron chi connectivity index (χ3n) is 4.31. The first-order valence-corrected chi connectivity index (χ1v) is 9.23. The van der Waals surface area contributed by atoms with Crippen molar-refractivity contribution in [2.75, 3.05) is 11.9 Å². The summed E-state index contributed by atoms with van der Waals surface area (Å²) in [7, 11) is 0. The van der Waals surface area contributed by atoms with Crippen LogP contribution < -0.4 is 10.1 Å². The number of rotatable bonds is 5. The lowest BCUT2D eigenvalue weighted by Gasteiger charge is -2.10. The van der Waals surface area contributed by atoms with Gasteiger partial charge in [-0.1, -0.05) is 23.2 Å². The van der Waals surface area contributed by atoms with E-state index < -0.39 is 0 Å². The van der Waals surface area contributed by atoms with E-state index in [2.05, 4.69) is 5.32 Å². The van der Waals surface area contributed by atoms with Crippen LogP contribution in [-0.4, -0.2) is 17.1 Å². The van der Waals surface area contributed by atoms with Crippen molar-refractivity contribution in [3.05, 3.63) is 57.7 Å². The molecule has 1 heterocycles. The molecule has 0 saturated carbocycles. The number of nitrogens with zero attached hydrogens (tertiary/aromatic N) is 1. The minimum absolute atomic E-state index is 0.183. The maximum Gasteiger partial charge on any atom is 0.272 e. The molecule has 6 heteroatoms. The number of fused-ring (bicyclic) bond motifs is 1. The Balaban J connectivity index is 2.03. The van der Waals surface area contributed by atoms with Crippen LogP contribution in [0.2, 0.25) is 10.0 Å². The van der Waals surface area contributed by atoms with E-state index in [4.69, 9.17) is 27.9 Å². The average Bonchev–Trinajstić information content (AvgIpc) is 2.90. The molecule has 0 aliphatic carbocycles. The summed E-state index contributed by atoms with van der Waals surface area (Å²) in [5, 5.41) is 4.77. The topological polar surface area (TPSA) is 43.3 Å². The highest BCUT2D eigenvalue weighted by atomic mass is 35.5. The third-order valence-corrected chi connectivity index (χ3v) is 5.05. The molecule has 0 aliphatic heterocycles. The normalized spacial score (nSPS) is 11.0. The Bertz CT molecular complexity index is 980. The highest BCUT2D eigenvalue weighted by Gasteiger charge is 2.20. The molecule has 26 heavy (non-hydrogen) atoms. The second kappa shape index (κ2) is 7.60. The Morgan fingerprint density at radius 1 is 1.12 bits per heavy atom. The van der Waals surface area contributed by atoms with Crippen LogP contribution in [0, 0.1) is 6.92 Å². The summed E-state index contributed by atoms with van der Waals surface area (Å²) < 4.78 is 7.60. The first-order chi connectivity index (χ1) is 12.5. The fourth-order valence-electron chi connectivity index (χ4n) is 3.14. The Hall–Kier alpha value is -2.17. The van der Waals surface area contributed by atoms with Crippen LogP contribution >= 0.6 is 23.2 Å². The van der Waals surface area contributed by atoms with Gasteiger partial charge in [0.15, 0.2) is 0 Å². The van der Waals surface area contributed by atoms with Gasteiger partial charge in [0.2, 0.25) is 0 Å². The highest BCUT2D eigenvalue weighted by molar-refractivity contribution is 6.42. The van der Waals surface area contributed by atoms with E-state index in [0.29, 0.717) is 34.6 Å². The lowest BCUT2D eigenvalue weighted by Crippen LogP contribution is -2.17. The van der Waals surface area contributed by atoms with Gasteiger partial charge in [-0.15, -0.1) is 0 Å². The highest BCUT2D eigenvalue weighted by Crippen LogP contribution is 2.30. The van der Waals surface area contributed by atoms with E-state index in [9.17, 15) is 4.79 Å². The Labute approximate surface area is 162 Å². The minimum atomic E-state index is -0.183.